The summed E-state index contributed by atoms with van der Waals surface area (Å²) in [6.07, 6.45) is 2.74. The fourth-order valence-electron chi connectivity index (χ4n) is 2.33. The Morgan fingerprint density at radius 2 is 1.89 bits per heavy atom. The van der Waals surface area contributed by atoms with Crippen LogP contribution in [0.25, 0.3) is 0 Å². The molecular formula is C13H18FNO3S. The summed E-state index contributed by atoms with van der Waals surface area (Å²) >= 11 is 0. The Bertz CT molecular complexity index is 565. The van der Waals surface area contributed by atoms with Crippen LogP contribution in [0.1, 0.15) is 30.4 Å². The molecular weight excluding hydrogens is 269 g/mol. The zero-order chi connectivity index (χ0) is 14.0. The molecule has 0 radical (unpaired) electrons. The third-order valence-electron chi connectivity index (χ3n) is 3.43. The molecule has 1 heterocycles. The van der Waals surface area contributed by atoms with Crippen molar-refractivity contribution in [3.05, 3.63) is 29.1 Å². The second-order valence-electron chi connectivity index (χ2n) is 4.84. The normalized spacial score (nSPS) is 17.6. The molecule has 0 unspecified atom stereocenters. The van der Waals surface area contributed by atoms with Crippen LogP contribution in [-0.4, -0.2) is 30.9 Å². The molecule has 0 atom stereocenters. The second-order valence-corrected chi connectivity index (χ2v) is 6.77. The van der Waals surface area contributed by atoms with Crippen molar-refractivity contribution in [1.82, 2.24) is 4.31 Å². The summed E-state index contributed by atoms with van der Waals surface area (Å²) in [5.74, 6) is -0.542. The lowest BCUT2D eigenvalue weighted by Crippen LogP contribution is -2.35. The van der Waals surface area contributed by atoms with E-state index >= 15 is 0 Å². The summed E-state index contributed by atoms with van der Waals surface area (Å²) in [5.41, 5.74) is 0.262. The first-order valence-electron chi connectivity index (χ1n) is 6.37. The van der Waals surface area contributed by atoms with E-state index in [4.69, 9.17) is 5.11 Å². The van der Waals surface area contributed by atoms with Gasteiger partial charge in [0.2, 0.25) is 10.0 Å². The molecule has 4 nitrogen and oxygen atoms in total. The maximum absolute atomic E-state index is 13.6. The molecule has 1 aliphatic rings. The van der Waals surface area contributed by atoms with E-state index in [1.165, 1.54) is 23.4 Å². The van der Waals surface area contributed by atoms with Gasteiger partial charge in [0.25, 0.3) is 0 Å². The van der Waals surface area contributed by atoms with Crippen LogP contribution in [0.3, 0.4) is 0 Å². The highest BCUT2D eigenvalue weighted by molar-refractivity contribution is 7.89. The monoisotopic (exact) mass is 287 g/mol. The van der Waals surface area contributed by atoms with Crippen LogP contribution in [0, 0.1) is 12.7 Å². The van der Waals surface area contributed by atoms with E-state index < -0.39 is 22.4 Å². The number of piperidine rings is 1. The van der Waals surface area contributed by atoms with Crippen LogP contribution in [0.15, 0.2) is 17.0 Å². The lowest BCUT2D eigenvalue weighted by molar-refractivity contribution is 0.275. The Balaban J connectivity index is 2.42. The molecule has 19 heavy (non-hydrogen) atoms. The molecule has 0 spiro atoms. The number of hydrogen-bond donors (Lipinski definition) is 1. The van der Waals surface area contributed by atoms with E-state index in [2.05, 4.69) is 0 Å². The molecule has 0 aromatic heterocycles. The van der Waals surface area contributed by atoms with E-state index in [9.17, 15) is 12.8 Å². The number of aliphatic hydroxyl groups is 1. The summed E-state index contributed by atoms with van der Waals surface area (Å²) in [6.45, 7) is 2.01. The first-order chi connectivity index (χ1) is 8.96. The van der Waals surface area contributed by atoms with Gasteiger partial charge in [-0.2, -0.15) is 4.31 Å². The van der Waals surface area contributed by atoms with Crippen molar-refractivity contribution in [2.45, 2.75) is 37.7 Å². The number of nitrogens with zero attached hydrogens (tertiary/aromatic N) is 1. The van der Waals surface area contributed by atoms with Crippen LogP contribution < -0.4 is 0 Å². The Morgan fingerprint density at radius 1 is 1.26 bits per heavy atom. The van der Waals surface area contributed by atoms with Gasteiger partial charge >= 0.3 is 0 Å². The van der Waals surface area contributed by atoms with Gasteiger partial charge in [-0.05, 0) is 37.5 Å². The van der Waals surface area contributed by atoms with Gasteiger partial charge in [-0.1, -0.05) is 6.42 Å². The molecule has 1 aromatic rings. The predicted molar refractivity (Wildman–Crippen MR) is 69.7 cm³/mol. The van der Waals surface area contributed by atoms with E-state index in [0.717, 1.165) is 19.3 Å². The van der Waals surface area contributed by atoms with Crippen molar-refractivity contribution in [3.8, 4) is 0 Å². The van der Waals surface area contributed by atoms with Gasteiger partial charge in [-0.3, -0.25) is 0 Å². The maximum atomic E-state index is 13.6. The Morgan fingerprint density at radius 3 is 2.47 bits per heavy atom. The fourth-order valence-corrected chi connectivity index (χ4v) is 3.98. The van der Waals surface area contributed by atoms with Crippen LogP contribution in [-0.2, 0) is 16.6 Å². The number of hydrogen-bond acceptors (Lipinski definition) is 3. The van der Waals surface area contributed by atoms with Gasteiger partial charge in [-0.25, -0.2) is 12.8 Å². The zero-order valence-electron chi connectivity index (χ0n) is 10.9. The SMILES string of the molecule is Cc1cc(S(=O)(=O)N2CCCCC2)cc(CO)c1F. The molecule has 1 N–H and O–H groups in total. The topological polar surface area (TPSA) is 57.6 Å². The molecule has 1 fully saturated rings. The average Bonchev–Trinajstić information content (AvgIpc) is 2.42. The van der Waals surface area contributed by atoms with E-state index in [-0.39, 0.29) is 16.0 Å². The van der Waals surface area contributed by atoms with Crippen LogP contribution in [0.4, 0.5) is 4.39 Å². The smallest absolute Gasteiger partial charge is 0.243 e. The highest BCUT2D eigenvalue weighted by Crippen LogP contribution is 2.24. The van der Waals surface area contributed by atoms with Crippen molar-refractivity contribution >= 4 is 10.0 Å². The quantitative estimate of drug-likeness (QED) is 0.922. The molecule has 0 saturated carbocycles. The molecule has 0 bridgehead atoms. The third kappa shape index (κ3) is 2.80. The van der Waals surface area contributed by atoms with Crippen molar-refractivity contribution < 1.29 is 17.9 Å². The number of benzene rings is 1. The van der Waals surface area contributed by atoms with Crippen molar-refractivity contribution in [1.29, 1.82) is 0 Å². The number of aryl methyl sites for hydroxylation is 1. The molecule has 1 aliphatic heterocycles. The molecule has 1 aromatic carbocycles. The Kier molecular flexibility index (Phi) is 4.23. The van der Waals surface area contributed by atoms with Crippen molar-refractivity contribution in [2.75, 3.05) is 13.1 Å². The number of sulfonamides is 1. The van der Waals surface area contributed by atoms with Crippen LogP contribution in [0.2, 0.25) is 0 Å². The zero-order valence-corrected chi connectivity index (χ0v) is 11.7. The van der Waals surface area contributed by atoms with Gasteiger partial charge in [0.15, 0.2) is 0 Å². The Hall–Kier alpha value is -0.980. The predicted octanol–water partition coefficient (Wildman–Crippen LogP) is 1.80. The second kappa shape index (κ2) is 5.56. The Labute approximate surface area is 112 Å². The van der Waals surface area contributed by atoms with Crippen molar-refractivity contribution in [2.24, 2.45) is 0 Å². The minimum absolute atomic E-state index is 0.0237. The van der Waals surface area contributed by atoms with Crippen LogP contribution >= 0.6 is 0 Å². The van der Waals surface area contributed by atoms with Gasteiger partial charge in [-0.15, -0.1) is 0 Å². The lowest BCUT2D eigenvalue weighted by Gasteiger charge is -2.26. The molecule has 6 heteroatoms. The van der Waals surface area contributed by atoms with E-state index in [1.54, 1.807) is 0 Å². The van der Waals surface area contributed by atoms with Gasteiger partial charge in [0, 0.05) is 18.7 Å². The largest absolute Gasteiger partial charge is 0.392 e. The third-order valence-corrected chi connectivity index (χ3v) is 5.30. The summed E-state index contributed by atoms with van der Waals surface area (Å²) in [6, 6.07) is 2.56. The number of aliphatic hydroxyl groups excluding tert-OH is 1. The number of halogens is 1. The standard InChI is InChI=1S/C13H18FNO3S/c1-10-7-12(8-11(9-16)13(10)14)19(17,18)15-5-3-2-4-6-15/h7-8,16H,2-6,9H2,1H3. The molecule has 0 amide bonds. The average molecular weight is 287 g/mol. The number of rotatable bonds is 3. The lowest BCUT2D eigenvalue weighted by atomic mass is 10.1. The maximum Gasteiger partial charge on any atom is 0.243 e. The first-order valence-corrected chi connectivity index (χ1v) is 7.81. The molecule has 2 rings (SSSR count). The van der Waals surface area contributed by atoms with Crippen molar-refractivity contribution in [3.63, 3.8) is 0 Å². The van der Waals surface area contributed by atoms with E-state index in [0.29, 0.717) is 13.1 Å². The molecule has 106 valence electrons. The highest BCUT2D eigenvalue weighted by Gasteiger charge is 2.27. The van der Waals surface area contributed by atoms with E-state index in [1.807, 2.05) is 0 Å². The molecule has 1 saturated heterocycles. The summed E-state index contributed by atoms with van der Waals surface area (Å²) in [5, 5.41) is 9.09. The summed E-state index contributed by atoms with van der Waals surface area (Å²) in [4.78, 5) is 0.0670. The minimum Gasteiger partial charge on any atom is -0.392 e. The summed E-state index contributed by atoms with van der Waals surface area (Å²) < 4.78 is 40.0. The van der Waals surface area contributed by atoms with Crippen LogP contribution in [0.5, 0.6) is 0 Å². The first kappa shape index (κ1) is 14.4. The fraction of sp³-hybridized carbons (Fsp3) is 0.538. The minimum atomic E-state index is -3.58. The van der Waals surface area contributed by atoms with Gasteiger partial charge in [0.1, 0.15) is 5.82 Å². The summed E-state index contributed by atoms with van der Waals surface area (Å²) in [7, 11) is -3.58. The van der Waals surface area contributed by atoms with Gasteiger partial charge < -0.3 is 5.11 Å². The molecule has 0 aliphatic carbocycles. The van der Waals surface area contributed by atoms with Gasteiger partial charge in [0.05, 0.1) is 11.5 Å². The highest BCUT2D eigenvalue weighted by atomic mass is 32.2.